The van der Waals surface area contributed by atoms with E-state index in [4.69, 9.17) is 9.39 Å². The molecule has 1 aliphatic rings. The van der Waals surface area contributed by atoms with E-state index in [-0.39, 0.29) is 29.9 Å². The summed E-state index contributed by atoms with van der Waals surface area (Å²) in [6, 6.07) is 0.664. The van der Waals surface area contributed by atoms with Gasteiger partial charge < -0.3 is 19.7 Å². The monoisotopic (exact) mass is 313 g/mol. The molecule has 0 spiro atoms. The van der Waals surface area contributed by atoms with Crippen molar-refractivity contribution in [3.05, 3.63) is 28.8 Å². The van der Waals surface area contributed by atoms with Crippen molar-refractivity contribution in [1.29, 1.82) is 0 Å². The van der Waals surface area contributed by atoms with Gasteiger partial charge >= 0.3 is 13.1 Å². The molecule has 0 radical (unpaired) electrons. The molecule has 0 aliphatic carbocycles. The van der Waals surface area contributed by atoms with Crippen LogP contribution >= 0.6 is 0 Å². The summed E-state index contributed by atoms with van der Waals surface area (Å²) in [6.07, 6.45) is -0.216. The van der Waals surface area contributed by atoms with Crippen molar-refractivity contribution < 1.29 is 32.8 Å². The van der Waals surface area contributed by atoms with Crippen LogP contribution in [-0.2, 0) is 16.0 Å². The number of carbonyl (C=O) groups excluding carboxylic acids is 2. The average molecular weight is 313 g/mol. The number of esters is 1. The molecule has 22 heavy (non-hydrogen) atoms. The summed E-state index contributed by atoms with van der Waals surface area (Å²) in [5.41, 5.74) is -0.539. The van der Waals surface area contributed by atoms with Gasteiger partial charge in [-0.15, -0.1) is 0 Å². The molecule has 1 atom stereocenters. The third-order valence-electron chi connectivity index (χ3n) is 3.16. The largest absolute Gasteiger partial charge is 0.547 e. The highest BCUT2D eigenvalue weighted by atomic mass is 19.2. The Morgan fingerprint density at radius 3 is 2.82 bits per heavy atom. The molecular formula is C13H14BF2NO5. The first kappa shape index (κ1) is 16.2. The zero-order valence-corrected chi connectivity index (χ0v) is 12.0. The molecule has 1 amide bonds. The Bertz CT molecular complexity index is 625. The molecule has 2 N–H and O–H groups in total. The molecule has 0 bridgehead atoms. The number of rotatable bonds is 3. The van der Waals surface area contributed by atoms with Crippen LogP contribution in [0.4, 0.5) is 8.78 Å². The molecule has 6 nitrogen and oxygen atoms in total. The lowest BCUT2D eigenvalue weighted by Gasteiger charge is -2.29. The van der Waals surface area contributed by atoms with Gasteiger partial charge in [0, 0.05) is 12.5 Å². The minimum absolute atomic E-state index is 0.0453. The van der Waals surface area contributed by atoms with E-state index in [1.807, 2.05) is 0 Å². The number of benzene rings is 1. The number of hydrogen-bond donors (Lipinski definition) is 2. The number of hydrogen-bond acceptors (Lipinski definition) is 5. The fraction of sp³-hybridized carbons (Fsp3) is 0.385. The minimum Gasteiger partial charge on any atom is -0.534 e. The van der Waals surface area contributed by atoms with Gasteiger partial charge in [0.05, 0.1) is 12.5 Å². The van der Waals surface area contributed by atoms with Crippen molar-refractivity contribution in [2.75, 3.05) is 6.61 Å². The lowest BCUT2D eigenvalue weighted by Crippen LogP contribution is -2.53. The fourth-order valence-corrected chi connectivity index (χ4v) is 2.25. The zero-order valence-electron chi connectivity index (χ0n) is 12.0. The summed E-state index contributed by atoms with van der Waals surface area (Å²) in [5, 5.41) is 12.2. The second kappa shape index (κ2) is 6.31. The Balaban J connectivity index is 2.46. The molecule has 1 aromatic rings. The second-order valence-electron chi connectivity index (χ2n) is 4.77. The molecule has 0 saturated heterocycles. The summed E-state index contributed by atoms with van der Waals surface area (Å²) in [7, 11) is -1.49. The van der Waals surface area contributed by atoms with Crippen LogP contribution in [0.2, 0.25) is 0 Å². The standard InChI is InChI=1S/C13H14BF2NO5/c1-3-21-13(19)8-4-9(15)11(16)7-5-10(17-6(2)18)14(20)22-12(7)8/h4,10,20H,3,5H2,1-2H3,(H,17,18). The van der Waals surface area contributed by atoms with Crippen LogP contribution in [0.15, 0.2) is 6.07 Å². The van der Waals surface area contributed by atoms with Crippen molar-refractivity contribution in [1.82, 2.24) is 5.32 Å². The van der Waals surface area contributed by atoms with Crippen LogP contribution < -0.4 is 9.97 Å². The van der Waals surface area contributed by atoms with E-state index < -0.39 is 36.6 Å². The topological polar surface area (TPSA) is 84.9 Å². The maximum absolute atomic E-state index is 13.9. The first-order valence-electron chi connectivity index (χ1n) is 6.65. The van der Waals surface area contributed by atoms with Gasteiger partial charge in [0.1, 0.15) is 11.3 Å². The van der Waals surface area contributed by atoms with Gasteiger partial charge in [-0.25, -0.2) is 13.6 Å². The van der Waals surface area contributed by atoms with Gasteiger partial charge in [0.25, 0.3) is 0 Å². The summed E-state index contributed by atoms with van der Waals surface area (Å²) in [6.45, 7) is 2.82. The average Bonchev–Trinajstić information content (AvgIpc) is 2.44. The molecule has 1 heterocycles. The Hall–Kier alpha value is -2.16. The van der Waals surface area contributed by atoms with Crippen molar-refractivity contribution >= 4 is 19.0 Å². The summed E-state index contributed by atoms with van der Waals surface area (Å²) >= 11 is 0. The summed E-state index contributed by atoms with van der Waals surface area (Å²) in [4.78, 5) is 22.9. The van der Waals surface area contributed by atoms with E-state index in [9.17, 15) is 23.4 Å². The van der Waals surface area contributed by atoms with Gasteiger partial charge in [0.15, 0.2) is 11.6 Å². The number of fused-ring (bicyclic) bond motifs is 1. The zero-order chi connectivity index (χ0) is 16.4. The van der Waals surface area contributed by atoms with Crippen molar-refractivity contribution in [2.45, 2.75) is 26.2 Å². The van der Waals surface area contributed by atoms with E-state index in [0.29, 0.717) is 6.07 Å². The summed E-state index contributed by atoms with van der Waals surface area (Å²) < 4.78 is 37.5. The molecule has 1 aromatic carbocycles. The number of halogens is 2. The number of carbonyl (C=O) groups is 2. The van der Waals surface area contributed by atoms with Crippen molar-refractivity contribution in [3.8, 4) is 5.75 Å². The highest BCUT2D eigenvalue weighted by Crippen LogP contribution is 2.34. The quantitative estimate of drug-likeness (QED) is 0.630. The maximum atomic E-state index is 13.9. The third kappa shape index (κ3) is 3.04. The number of amides is 1. The molecule has 2 rings (SSSR count). The molecule has 1 aliphatic heterocycles. The molecule has 0 fully saturated rings. The lowest BCUT2D eigenvalue weighted by molar-refractivity contribution is -0.119. The molecule has 0 aromatic heterocycles. The summed E-state index contributed by atoms with van der Waals surface area (Å²) in [5.74, 6) is -4.99. The van der Waals surface area contributed by atoms with Crippen LogP contribution in [-0.4, -0.2) is 36.6 Å². The Morgan fingerprint density at radius 2 is 2.23 bits per heavy atom. The SMILES string of the molecule is CCOC(=O)c1cc(F)c(F)c2c1OB(O)C(NC(C)=O)C2. The third-order valence-corrected chi connectivity index (χ3v) is 3.16. The normalized spacial score (nSPS) is 16.6. The molecule has 1 unspecified atom stereocenters. The first-order valence-corrected chi connectivity index (χ1v) is 6.65. The lowest BCUT2D eigenvalue weighted by atomic mass is 9.72. The van der Waals surface area contributed by atoms with E-state index in [2.05, 4.69) is 5.32 Å². The minimum atomic E-state index is -1.49. The highest BCUT2D eigenvalue weighted by Gasteiger charge is 2.40. The molecule has 0 saturated carbocycles. The Morgan fingerprint density at radius 1 is 1.55 bits per heavy atom. The maximum Gasteiger partial charge on any atom is 0.547 e. The number of nitrogens with one attached hydrogen (secondary N) is 1. The van der Waals surface area contributed by atoms with Gasteiger partial charge in [-0.3, -0.25) is 4.79 Å². The van der Waals surface area contributed by atoms with Crippen LogP contribution in [0.3, 0.4) is 0 Å². The van der Waals surface area contributed by atoms with Gasteiger partial charge in [0.2, 0.25) is 5.91 Å². The van der Waals surface area contributed by atoms with Gasteiger partial charge in [-0.05, 0) is 19.4 Å². The van der Waals surface area contributed by atoms with Crippen molar-refractivity contribution in [3.63, 3.8) is 0 Å². The van der Waals surface area contributed by atoms with Crippen LogP contribution in [0, 0.1) is 11.6 Å². The van der Waals surface area contributed by atoms with Crippen LogP contribution in [0.1, 0.15) is 29.8 Å². The predicted octanol–water partition coefficient (Wildman–Crippen LogP) is 0.601. The number of ether oxygens (including phenoxy) is 1. The van der Waals surface area contributed by atoms with Crippen LogP contribution in [0.25, 0.3) is 0 Å². The van der Waals surface area contributed by atoms with Crippen molar-refractivity contribution in [2.24, 2.45) is 0 Å². The van der Waals surface area contributed by atoms with E-state index in [1.54, 1.807) is 6.92 Å². The van der Waals surface area contributed by atoms with E-state index >= 15 is 0 Å². The molecule has 9 heteroatoms. The first-order chi connectivity index (χ1) is 10.3. The van der Waals surface area contributed by atoms with E-state index in [1.165, 1.54) is 6.92 Å². The van der Waals surface area contributed by atoms with E-state index in [0.717, 1.165) is 0 Å². The predicted molar refractivity (Wildman–Crippen MR) is 72.2 cm³/mol. The van der Waals surface area contributed by atoms with Gasteiger partial charge in [-0.1, -0.05) is 0 Å². The van der Waals surface area contributed by atoms with Crippen LogP contribution in [0.5, 0.6) is 5.75 Å². The fourth-order valence-electron chi connectivity index (χ4n) is 2.25. The van der Waals surface area contributed by atoms with Gasteiger partial charge in [-0.2, -0.15) is 0 Å². The smallest absolute Gasteiger partial charge is 0.534 e. The molecular weight excluding hydrogens is 299 g/mol. The second-order valence-corrected chi connectivity index (χ2v) is 4.77. The highest BCUT2D eigenvalue weighted by molar-refractivity contribution is 6.47. The molecule has 118 valence electrons. The Kier molecular flexibility index (Phi) is 4.65. The Labute approximate surface area is 125 Å².